The van der Waals surface area contributed by atoms with Gasteiger partial charge in [0.25, 0.3) is 5.91 Å². The molecule has 6 nitrogen and oxygen atoms in total. The third-order valence-electron chi connectivity index (χ3n) is 4.70. The summed E-state index contributed by atoms with van der Waals surface area (Å²) in [6.07, 6.45) is 3.34. The van der Waals surface area contributed by atoms with Crippen molar-refractivity contribution in [3.63, 3.8) is 0 Å². The lowest BCUT2D eigenvalue weighted by Gasteiger charge is -2.32. The number of hydrogen-bond donors (Lipinski definition) is 1. The van der Waals surface area contributed by atoms with Crippen molar-refractivity contribution in [1.82, 2.24) is 14.9 Å². The number of carbonyl (C=O) groups is 1. The van der Waals surface area contributed by atoms with E-state index in [1.54, 1.807) is 12.4 Å². The lowest BCUT2D eigenvalue weighted by atomic mass is 9.87. The van der Waals surface area contributed by atoms with Crippen LogP contribution in [-0.4, -0.2) is 54.0 Å². The maximum atomic E-state index is 12.4. The Bertz CT molecular complexity index is 741. The molecule has 1 aliphatic rings. The molecule has 1 saturated heterocycles. The van der Waals surface area contributed by atoms with E-state index in [1.807, 2.05) is 24.3 Å². The number of carbonyl (C=O) groups excluding carboxylic acids is 1. The van der Waals surface area contributed by atoms with Gasteiger partial charge in [0.1, 0.15) is 0 Å². The van der Waals surface area contributed by atoms with E-state index < -0.39 is 0 Å². The van der Waals surface area contributed by atoms with Crippen molar-refractivity contribution in [3.05, 3.63) is 47.8 Å². The quantitative estimate of drug-likeness (QED) is 0.919. The number of anilines is 2. The Hall–Kier alpha value is -2.47. The predicted octanol–water partition coefficient (Wildman–Crippen LogP) is 2.78. The Kier molecular flexibility index (Phi) is 5.23. The molecule has 2 aromatic rings. The third kappa shape index (κ3) is 4.38. The zero-order chi connectivity index (χ0) is 18.7. The minimum Gasteiger partial charge on any atom is -0.338 e. The molecule has 3 rings (SSSR count). The highest BCUT2D eigenvalue weighted by Crippen LogP contribution is 2.22. The van der Waals surface area contributed by atoms with E-state index in [9.17, 15) is 4.79 Å². The Morgan fingerprint density at radius 1 is 1.00 bits per heavy atom. The molecule has 0 aliphatic carbocycles. The number of nitrogens with zero attached hydrogens (tertiary/aromatic N) is 4. The zero-order valence-corrected chi connectivity index (χ0v) is 16.0. The van der Waals surface area contributed by atoms with Gasteiger partial charge in [0.15, 0.2) is 0 Å². The van der Waals surface area contributed by atoms with Gasteiger partial charge in [0.05, 0.1) is 18.1 Å². The first-order valence-electron chi connectivity index (χ1n) is 9.00. The third-order valence-corrected chi connectivity index (χ3v) is 4.70. The monoisotopic (exact) mass is 353 g/mol. The van der Waals surface area contributed by atoms with E-state index in [2.05, 4.69) is 52.9 Å². The largest absolute Gasteiger partial charge is 0.338 e. The van der Waals surface area contributed by atoms with Gasteiger partial charge in [-0.05, 0) is 30.2 Å². The number of nitrogens with one attached hydrogen (secondary N) is 1. The van der Waals surface area contributed by atoms with Crippen molar-refractivity contribution in [3.8, 4) is 0 Å². The van der Waals surface area contributed by atoms with Gasteiger partial charge < -0.3 is 15.1 Å². The Labute approximate surface area is 155 Å². The van der Waals surface area contributed by atoms with Crippen molar-refractivity contribution >= 4 is 17.5 Å². The van der Waals surface area contributed by atoms with Crippen LogP contribution in [-0.2, 0) is 5.41 Å². The molecule has 1 amide bonds. The predicted molar refractivity (Wildman–Crippen MR) is 105 cm³/mol. The molecule has 1 N–H and O–H groups in total. The molecule has 138 valence electrons. The molecule has 0 bridgehead atoms. The summed E-state index contributed by atoms with van der Waals surface area (Å²) < 4.78 is 0. The first kappa shape index (κ1) is 18.3. The van der Waals surface area contributed by atoms with Crippen LogP contribution in [0.3, 0.4) is 0 Å². The minimum atomic E-state index is -0.151. The summed E-state index contributed by atoms with van der Waals surface area (Å²) in [5.74, 6) is 0.562. The van der Waals surface area contributed by atoms with Crippen molar-refractivity contribution in [2.75, 3.05) is 43.4 Å². The van der Waals surface area contributed by atoms with E-state index in [4.69, 9.17) is 0 Å². The van der Waals surface area contributed by atoms with Crippen LogP contribution in [0.15, 0.2) is 36.7 Å². The molecule has 1 aromatic heterocycles. The van der Waals surface area contributed by atoms with Crippen molar-refractivity contribution in [2.24, 2.45) is 0 Å². The Morgan fingerprint density at radius 3 is 2.12 bits per heavy atom. The van der Waals surface area contributed by atoms with E-state index in [0.29, 0.717) is 17.2 Å². The Balaban J connectivity index is 1.62. The highest BCUT2D eigenvalue weighted by Gasteiger charge is 2.17. The normalized spacial score (nSPS) is 15.8. The molecule has 0 unspecified atom stereocenters. The lowest BCUT2D eigenvalue weighted by molar-refractivity contribution is 0.102. The second-order valence-corrected chi connectivity index (χ2v) is 7.84. The fourth-order valence-corrected chi connectivity index (χ4v) is 2.88. The topological polar surface area (TPSA) is 61.4 Å². The highest BCUT2D eigenvalue weighted by molar-refractivity contribution is 6.04. The molecule has 6 heteroatoms. The van der Waals surface area contributed by atoms with Gasteiger partial charge in [-0.15, -0.1) is 0 Å². The first-order valence-corrected chi connectivity index (χ1v) is 9.00. The number of aromatic nitrogens is 2. The number of likely N-dealkylation sites (N-methyl/N-ethyl adjacent to an activating group) is 1. The van der Waals surface area contributed by atoms with Crippen LogP contribution in [0.1, 0.15) is 36.7 Å². The number of amides is 1. The SMILES string of the molecule is CN1CCN(c2ncc(NC(=O)c3ccc(C(C)(C)C)cc3)cn2)CC1. The molecule has 26 heavy (non-hydrogen) atoms. The van der Waals surface area contributed by atoms with Crippen LogP contribution in [0.5, 0.6) is 0 Å². The summed E-state index contributed by atoms with van der Waals surface area (Å²) in [5, 5.41) is 2.86. The molecular weight excluding hydrogens is 326 g/mol. The minimum absolute atomic E-state index is 0.0714. The molecular formula is C20H27N5O. The van der Waals surface area contributed by atoms with Gasteiger partial charge in [-0.1, -0.05) is 32.9 Å². The number of piperazine rings is 1. The number of benzene rings is 1. The summed E-state index contributed by atoms with van der Waals surface area (Å²) in [4.78, 5) is 25.7. The van der Waals surface area contributed by atoms with E-state index in [-0.39, 0.29) is 11.3 Å². The van der Waals surface area contributed by atoms with E-state index >= 15 is 0 Å². The number of hydrogen-bond acceptors (Lipinski definition) is 5. The lowest BCUT2D eigenvalue weighted by Crippen LogP contribution is -2.45. The molecule has 1 aliphatic heterocycles. The fraction of sp³-hybridized carbons (Fsp3) is 0.450. The molecule has 0 saturated carbocycles. The Morgan fingerprint density at radius 2 is 1.58 bits per heavy atom. The van der Waals surface area contributed by atoms with Gasteiger partial charge >= 0.3 is 0 Å². The van der Waals surface area contributed by atoms with Crippen LogP contribution in [0.25, 0.3) is 0 Å². The molecule has 0 atom stereocenters. The van der Waals surface area contributed by atoms with Gasteiger partial charge in [-0.2, -0.15) is 0 Å². The van der Waals surface area contributed by atoms with Crippen molar-refractivity contribution in [2.45, 2.75) is 26.2 Å². The second kappa shape index (κ2) is 7.41. The molecule has 2 heterocycles. The van der Waals surface area contributed by atoms with E-state index in [0.717, 1.165) is 26.2 Å². The van der Waals surface area contributed by atoms with Crippen LogP contribution < -0.4 is 10.2 Å². The van der Waals surface area contributed by atoms with Crippen molar-refractivity contribution < 1.29 is 4.79 Å². The summed E-state index contributed by atoms with van der Waals surface area (Å²) >= 11 is 0. The summed E-state index contributed by atoms with van der Waals surface area (Å²) in [6, 6.07) is 7.72. The zero-order valence-electron chi connectivity index (χ0n) is 16.0. The van der Waals surface area contributed by atoms with E-state index in [1.165, 1.54) is 5.56 Å². The first-order chi connectivity index (χ1) is 12.3. The summed E-state index contributed by atoms with van der Waals surface area (Å²) in [6.45, 7) is 10.3. The summed E-state index contributed by atoms with van der Waals surface area (Å²) in [5.41, 5.74) is 2.50. The van der Waals surface area contributed by atoms with Gasteiger partial charge in [0.2, 0.25) is 5.95 Å². The fourth-order valence-electron chi connectivity index (χ4n) is 2.88. The molecule has 0 spiro atoms. The van der Waals surface area contributed by atoms with Gasteiger partial charge in [-0.25, -0.2) is 9.97 Å². The smallest absolute Gasteiger partial charge is 0.255 e. The molecule has 1 aromatic carbocycles. The average molecular weight is 353 g/mol. The summed E-state index contributed by atoms with van der Waals surface area (Å²) in [7, 11) is 2.12. The standard InChI is InChI=1S/C20H27N5O/c1-20(2,3)16-7-5-15(6-8-16)18(26)23-17-13-21-19(22-14-17)25-11-9-24(4)10-12-25/h5-8,13-14H,9-12H2,1-4H3,(H,23,26). The van der Waals surface area contributed by atoms with Crippen molar-refractivity contribution in [1.29, 1.82) is 0 Å². The maximum absolute atomic E-state index is 12.4. The van der Waals surface area contributed by atoms with Crippen LogP contribution in [0, 0.1) is 0 Å². The average Bonchev–Trinajstić information content (AvgIpc) is 2.62. The second-order valence-electron chi connectivity index (χ2n) is 7.84. The number of rotatable bonds is 3. The van der Waals surface area contributed by atoms with Crippen LogP contribution in [0.4, 0.5) is 11.6 Å². The van der Waals surface area contributed by atoms with Gasteiger partial charge in [-0.3, -0.25) is 4.79 Å². The van der Waals surface area contributed by atoms with Crippen LogP contribution in [0.2, 0.25) is 0 Å². The molecule has 0 radical (unpaired) electrons. The highest BCUT2D eigenvalue weighted by atomic mass is 16.1. The molecule has 1 fully saturated rings. The van der Waals surface area contributed by atoms with Crippen LogP contribution >= 0.6 is 0 Å². The maximum Gasteiger partial charge on any atom is 0.255 e. The van der Waals surface area contributed by atoms with Gasteiger partial charge in [0, 0.05) is 31.7 Å².